The van der Waals surface area contributed by atoms with Gasteiger partial charge in [0.15, 0.2) is 5.58 Å². The third kappa shape index (κ3) is 4.03. The predicted molar refractivity (Wildman–Crippen MR) is 104 cm³/mol. The summed E-state index contributed by atoms with van der Waals surface area (Å²) in [4.78, 5) is 17.6. The molecule has 0 radical (unpaired) electrons. The van der Waals surface area contributed by atoms with Crippen molar-refractivity contribution in [2.24, 2.45) is 5.16 Å². The molecule has 0 spiro atoms. The van der Waals surface area contributed by atoms with Crippen LogP contribution in [0.15, 0.2) is 64.5 Å². The summed E-state index contributed by atoms with van der Waals surface area (Å²) in [6.45, 7) is 1.95. The second-order valence-electron chi connectivity index (χ2n) is 5.89. The molecule has 0 saturated carbocycles. The minimum atomic E-state index is -0.497. The van der Waals surface area contributed by atoms with Gasteiger partial charge < -0.3 is 18.8 Å². The van der Waals surface area contributed by atoms with E-state index in [1.165, 1.54) is 20.5 Å². The highest BCUT2D eigenvalue weighted by atomic mass is 16.6. The van der Waals surface area contributed by atoms with Crippen molar-refractivity contribution in [2.45, 2.75) is 13.5 Å². The van der Waals surface area contributed by atoms with E-state index in [1.807, 2.05) is 42.5 Å². The van der Waals surface area contributed by atoms with E-state index in [4.69, 9.17) is 18.8 Å². The van der Waals surface area contributed by atoms with Gasteiger partial charge in [-0.15, -0.1) is 0 Å². The van der Waals surface area contributed by atoms with Gasteiger partial charge in [0.1, 0.15) is 23.6 Å². The monoisotopic (exact) mass is 380 g/mol. The Balaban J connectivity index is 1.81. The Kier molecular flexibility index (Phi) is 6.06. The molecule has 28 heavy (non-hydrogen) atoms. The van der Waals surface area contributed by atoms with Crippen LogP contribution in [0.5, 0.6) is 0 Å². The molecule has 0 fully saturated rings. The van der Waals surface area contributed by atoms with Crippen molar-refractivity contribution < 1.29 is 23.6 Å². The lowest BCUT2D eigenvalue weighted by molar-refractivity contribution is -0.133. The lowest BCUT2D eigenvalue weighted by atomic mass is 10.0. The summed E-state index contributed by atoms with van der Waals surface area (Å²) in [6, 6.07) is 14.8. The van der Waals surface area contributed by atoms with Gasteiger partial charge in [0.2, 0.25) is 0 Å². The highest BCUT2D eigenvalue weighted by Crippen LogP contribution is 2.22. The van der Waals surface area contributed by atoms with Crippen molar-refractivity contribution in [3.63, 3.8) is 0 Å². The number of aromatic nitrogens is 1. The van der Waals surface area contributed by atoms with Gasteiger partial charge in [0.25, 0.3) is 0 Å². The Morgan fingerprint density at radius 1 is 1.14 bits per heavy atom. The molecule has 7 heteroatoms. The summed E-state index contributed by atoms with van der Waals surface area (Å²) in [5.74, 6) is -0.497. The van der Waals surface area contributed by atoms with Crippen LogP contribution in [0.3, 0.4) is 0 Å². The van der Waals surface area contributed by atoms with E-state index in [0.29, 0.717) is 28.1 Å². The molecule has 3 rings (SSSR count). The summed E-state index contributed by atoms with van der Waals surface area (Å²) in [5.41, 5.74) is 3.60. The smallest absolute Gasteiger partial charge is 0.341 e. The molecule has 0 N–H and O–H groups in total. The lowest BCUT2D eigenvalue weighted by Crippen LogP contribution is -2.07. The number of para-hydroxylation sites is 1. The molecule has 0 aliphatic rings. The molecule has 0 amide bonds. The van der Waals surface area contributed by atoms with Crippen molar-refractivity contribution in [1.29, 1.82) is 0 Å². The fourth-order valence-electron chi connectivity index (χ4n) is 2.75. The standard InChI is InChI=1S/C21H20N2O5/c1-14(20-17-10-6-7-11-19(17)28-23-20)22-27-12-15-8-4-5-9-16(15)18(13-25-2)21(24)26-3/h4-11,13H,12H2,1-3H3. The van der Waals surface area contributed by atoms with Crippen LogP contribution in [-0.2, 0) is 25.7 Å². The van der Waals surface area contributed by atoms with Crippen LogP contribution in [0.4, 0.5) is 0 Å². The van der Waals surface area contributed by atoms with E-state index in [9.17, 15) is 4.79 Å². The minimum Gasteiger partial charge on any atom is -0.503 e. The fraction of sp³-hybridized carbons (Fsp3) is 0.190. The Labute approximate surface area is 162 Å². The molecule has 2 aromatic carbocycles. The number of oxime groups is 1. The molecule has 144 valence electrons. The van der Waals surface area contributed by atoms with E-state index in [-0.39, 0.29) is 6.61 Å². The van der Waals surface area contributed by atoms with Crippen LogP contribution < -0.4 is 0 Å². The largest absolute Gasteiger partial charge is 0.503 e. The van der Waals surface area contributed by atoms with Crippen molar-refractivity contribution >= 4 is 28.2 Å². The van der Waals surface area contributed by atoms with Gasteiger partial charge in [-0.3, -0.25) is 0 Å². The van der Waals surface area contributed by atoms with E-state index >= 15 is 0 Å². The highest BCUT2D eigenvalue weighted by Gasteiger charge is 2.17. The Morgan fingerprint density at radius 3 is 2.68 bits per heavy atom. The molecule has 0 aliphatic carbocycles. The van der Waals surface area contributed by atoms with Gasteiger partial charge in [0, 0.05) is 5.56 Å². The number of benzene rings is 2. The SMILES string of the molecule is COC=C(C(=O)OC)c1ccccc1CON=C(C)c1noc2ccccc12. The van der Waals surface area contributed by atoms with Gasteiger partial charge in [-0.05, 0) is 24.6 Å². The second kappa shape index (κ2) is 8.85. The van der Waals surface area contributed by atoms with Crippen LogP contribution in [0.25, 0.3) is 16.5 Å². The predicted octanol–water partition coefficient (Wildman–Crippen LogP) is 3.93. The number of hydrogen-bond acceptors (Lipinski definition) is 7. The number of esters is 1. The minimum absolute atomic E-state index is 0.154. The first-order valence-corrected chi connectivity index (χ1v) is 8.56. The van der Waals surface area contributed by atoms with E-state index in [0.717, 1.165) is 10.9 Å². The first-order chi connectivity index (χ1) is 13.7. The summed E-state index contributed by atoms with van der Waals surface area (Å²) in [7, 11) is 2.79. The third-order valence-electron chi connectivity index (χ3n) is 4.09. The molecule has 0 atom stereocenters. The Morgan fingerprint density at radius 2 is 1.89 bits per heavy atom. The number of carbonyl (C=O) groups is 1. The number of hydrogen-bond donors (Lipinski definition) is 0. The molecule has 3 aromatic rings. The lowest BCUT2D eigenvalue weighted by Gasteiger charge is -2.11. The third-order valence-corrected chi connectivity index (χ3v) is 4.09. The van der Waals surface area contributed by atoms with Gasteiger partial charge in [-0.25, -0.2) is 4.79 Å². The Bertz CT molecular complexity index is 1040. The molecule has 1 heterocycles. The zero-order valence-corrected chi connectivity index (χ0v) is 15.8. The van der Waals surface area contributed by atoms with Crippen LogP contribution in [-0.4, -0.2) is 31.1 Å². The normalized spacial score (nSPS) is 12.1. The van der Waals surface area contributed by atoms with Gasteiger partial charge in [-0.1, -0.05) is 46.7 Å². The van der Waals surface area contributed by atoms with E-state index in [2.05, 4.69) is 10.3 Å². The van der Waals surface area contributed by atoms with Crippen LogP contribution in [0.2, 0.25) is 0 Å². The molecular formula is C21H20N2O5. The number of ether oxygens (including phenoxy) is 2. The topological polar surface area (TPSA) is 83.2 Å². The van der Waals surface area contributed by atoms with E-state index in [1.54, 1.807) is 13.0 Å². The summed E-state index contributed by atoms with van der Waals surface area (Å²) in [5, 5.41) is 9.07. The zero-order chi connectivity index (χ0) is 19.9. The summed E-state index contributed by atoms with van der Waals surface area (Å²) < 4.78 is 15.1. The fourth-order valence-corrected chi connectivity index (χ4v) is 2.75. The quantitative estimate of drug-likeness (QED) is 0.203. The number of carbonyl (C=O) groups excluding carboxylic acids is 1. The maximum absolute atomic E-state index is 12.1. The second-order valence-corrected chi connectivity index (χ2v) is 5.89. The maximum atomic E-state index is 12.1. The molecular weight excluding hydrogens is 360 g/mol. The van der Waals surface area contributed by atoms with Crippen molar-refractivity contribution in [3.8, 4) is 0 Å². The molecule has 0 unspecified atom stereocenters. The molecule has 1 aromatic heterocycles. The summed E-state index contributed by atoms with van der Waals surface area (Å²) >= 11 is 0. The summed E-state index contributed by atoms with van der Waals surface area (Å²) in [6.07, 6.45) is 1.35. The first kappa shape index (κ1) is 19.2. The van der Waals surface area contributed by atoms with Gasteiger partial charge in [0.05, 0.1) is 25.9 Å². The first-order valence-electron chi connectivity index (χ1n) is 8.56. The highest BCUT2D eigenvalue weighted by molar-refractivity contribution is 6.16. The molecule has 0 saturated heterocycles. The Hall–Kier alpha value is -3.61. The van der Waals surface area contributed by atoms with Crippen molar-refractivity contribution in [2.75, 3.05) is 14.2 Å². The number of nitrogens with zero attached hydrogens (tertiary/aromatic N) is 2. The average Bonchev–Trinajstić information content (AvgIpc) is 3.16. The van der Waals surface area contributed by atoms with Crippen molar-refractivity contribution in [1.82, 2.24) is 5.16 Å². The average molecular weight is 380 g/mol. The maximum Gasteiger partial charge on any atom is 0.341 e. The number of fused-ring (bicyclic) bond motifs is 1. The zero-order valence-electron chi connectivity index (χ0n) is 15.8. The van der Waals surface area contributed by atoms with Crippen LogP contribution in [0, 0.1) is 0 Å². The van der Waals surface area contributed by atoms with E-state index < -0.39 is 5.97 Å². The van der Waals surface area contributed by atoms with Crippen LogP contribution in [0.1, 0.15) is 23.7 Å². The van der Waals surface area contributed by atoms with Gasteiger partial charge >= 0.3 is 5.97 Å². The molecule has 7 nitrogen and oxygen atoms in total. The van der Waals surface area contributed by atoms with Crippen LogP contribution >= 0.6 is 0 Å². The molecule has 0 bridgehead atoms. The van der Waals surface area contributed by atoms with Gasteiger partial charge in [-0.2, -0.15) is 0 Å². The number of methoxy groups -OCH3 is 2. The number of rotatable bonds is 7. The van der Waals surface area contributed by atoms with Crippen molar-refractivity contribution in [3.05, 3.63) is 71.6 Å². The molecule has 0 aliphatic heterocycles.